The molecule has 1 N–H and O–H groups in total. The zero-order chi connectivity index (χ0) is 24.6. The molecule has 36 heavy (non-hydrogen) atoms. The lowest BCUT2D eigenvalue weighted by atomic mass is 10.1. The van der Waals surface area contributed by atoms with Crippen molar-refractivity contribution in [3.8, 4) is 22.7 Å². The second kappa shape index (κ2) is 10.9. The van der Waals surface area contributed by atoms with E-state index in [9.17, 15) is 4.79 Å². The maximum atomic E-state index is 12.3. The van der Waals surface area contributed by atoms with Gasteiger partial charge < -0.3 is 4.74 Å². The van der Waals surface area contributed by atoms with E-state index in [0.29, 0.717) is 12.3 Å². The number of rotatable bonds is 8. The number of carbonyl (C=O) groups excluding carboxylic acids is 1. The molecule has 5 rings (SSSR count). The van der Waals surface area contributed by atoms with Crippen molar-refractivity contribution in [2.75, 3.05) is 0 Å². The summed E-state index contributed by atoms with van der Waals surface area (Å²) in [6, 6.07) is 27.5. The monoisotopic (exact) mass is 474 g/mol. The molecular formula is C28H22N6O2. The molecule has 1 amide bonds. The van der Waals surface area contributed by atoms with Crippen LogP contribution in [-0.4, -0.2) is 31.9 Å². The SMILES string of the molecule is O=C(NN=Cc1cn(-c2ccccc2)nc1-c1ccc(OCc2ccccc2)cc1)c1cnccn1. The summed E-state index contributed by atoms with van der Waals surface area (Å²) < 4.78 is 7.69. The highest BCUT2D eigenvalue weighted by molar-refractivity contribution is 5.94. The van der Waals surface area contributed by atoms with Crippen LogP contribution in [0.1, 0.15) is 21.6 Å². The lowest BCUT2D eigenvalue weighted by Crippen LogP contribution is -2.19. The zero-order valence-electron chi connectivity index (χ0n) is 19.2. The molecule has 0 fully saturated rings. The maximum absolute atomic E-state index is 12.3. The van der Waals surface area contributed by atoms with Crippen molar-refractivity contribution in [3.05, 3.63) is 127 Å². The van der Waals surface area contributed by atoms with E-state index in [1.807, 2.05) is 91.1 Å². The minimum absolute atomic E-state index is 0.181. The zero-order valence-corrected chi connectivity index (χ0v) is 19.2. The predicted molar refractivity (Wildman–Crippen MR) is 137 cm³/mol. The Hall–Kier alpha value is -5.11. The quantitative estimate of drug-likeness (QED) is 0.260. The van der Waals surface area contributed by atoms with E-state index in [4.69, 9.17) is 9.84 Å². The highest BCUT2D eigenvalue weighted by Gasteiger charge is 2.12. The van der Waals surface area contributed by atoms with Gasteiger partial charge in [0.15, 0.2) is 0 Å². The summed E-state index contributed by atoms with van der Waals surface area (Å²) in [5.74, 6) is 0.313. The molecule has 8 nitrogen and oxygen atoms in total. The maximum Gasteiger partial charge on any atom is 0.291 e. The van der Waals surface area contributed by atoms with E-state index in [1.165, 1.54) is 18.6 Å². The molecule has 0 unspecified atom stereocenters. The molecule has 2 aromatic heterocycles. The fourth-order valence-corrected chi connectivity index (χ4v) is 3.50. The molecule has 0 aliphatic rings. The van der Waals surface area contributed by atoms with E-state index < -0.39 is 5.91 Å². The predicted octanol–water partition coefficient (Wildman–Crippen LogP) is 4.67. The van der Waals surface area contributed by atoms with E-state index in [-0.39, 0.29) is 5.69 Å². The summed E-state index contributed by atoms with van der Waals surface area (Å²) in [6.07, 6.45) is 7.76. The average Bonchev–Trinajstić information content (AvgIpc) is 3.38. The van der Waals surface area contributed by atoms with Gasteiger partial charge in [0, 0.05) is 29.7 Å². The van der Waals surface area contributed by atoms with Crippen molar-refractivity contribution < 1.29 is 9.53 Å². The molecule has 0 spiro atoms. The van der Waals surface area contributed by atoms with Gasteiger partial charge in [-0.1, -0.05) is 48.5 Å². The Morgan fingerprint density at radius 1 is 0.944 bits per heavy atom. The van der Waals surface area contributed by atoms with Crippen molar-refractivity contribution in [1.29, 1.82) is 0 Å². The molecule has 0 bridgehead atoms. The van der Waals surface area contributed by atoms with Crippen LogP contribution in [-0.2, 0) is 6.61 Å². The van der Waals surface area contributed by atoms with Gasteiger partial charge in [-0.05, 0) is 42.0 Å². The number of aromatic nitrogens is 4. The number of hydrazone groups is 1. The van der Waals surface area contributed by atoms with E-state index in [0.717, 1.165) is 28.1 Å². The molecule has 0 saturated heterocycles. The minimum atomic E-state index is -0.448. The summed E-state index contributed by atoms with van der Waals surface area (Å²) in [5, 5.41) is 8.90. The molecule has 3 aromatic carbocycles. The number of benzene rings is 3. The normalized spacial score (nSPS) is 10.9. The van der Waals surface area contributed by atoms with Gasteiger partial charge in [0.25, 0.3) is 5.91 Å². The molecule has 5 aromatic rings. The Morgan fingerprint density at radius 2 is 1.69 bits per heavy atom. The number of hydrogen-bond donors (Lipinski definition) is 1. The molecule has 0 aliphatic carbocycles. The fourth-order valence-electron chi connectivity index (χ4n) is 3.50. The Labute approximate surface area is 207 Å². The summed E-state index contributed by atoms with van der Waals surface area (Å²) in [4.78, 5) is 20.1. The molecular weight excluding hydrogens is 452 g/mol. The van der Waals surface area contributed by atoms with Crippen LogP contribution in [0.3, 0.4) is 0 Å². The summed E-state index contributed by atoms with van der Waals surface area (Å²) in [7, 11) is 0. The highest BCUT2D eigenvalue weighted by atomic mass is 16.5. The van der Waals surface area contributed by atoms with Crippen LogP contribution < -0.4 is 10.2 Å². The summed E-state index contributed by atoms with van der Waals surface area (Å²) in [5.41, 5.74) is 7.01. The number of ether oxygens (including phenoxy) is 1. The van der Waals surface area contributed by atoms with Crippen LogP contribution in [0.25, 0.3) is 16.9 Å². The van der Waals surface area contributed by atoms with Gasteiger partial charge >= 0.3 is 0 Å². The van der Waals surface area contributed by atoms with Crippen LogP contribution >= 0.6 is 0 Å². The standard InChI is InChI=1S/C28H22N6O2/c35-28(26-18-29-15-16-30-26)32-31-17-23-19-34(24-9-5-2-6-10-24)33-27(23)22-11-13-25(14-12-22)36-20-21-7-3-1-4-8-21/h1-19H,20H2,(H,32,35). The lowest BCUT2D eigenvalue weighted by Gasteiger charge is -2.07. The Morgan fingerprint density at radius 3 is 2.42 bits per heavy atom. The third-order valence-corrected chi connectivity index (χ3v) is 5.30. The van der Waals surface area contributed by atoms with Gasteiger partial charge in [-0.3, -0.25) is 9.78 Å². The molecule has 0 atom stereocenters. The Kier molecular flexibility index (Phi) is 6.85. The summed E-state index contributed by atoms with van der Waals surface area (Å²) in [6.45, 7) is 0.492. The smallest absolute Gasteiger partial charge is 0.291 e. The molecule has 0 saturated carbocycles. The average molecular weight is 475 g/mol. The minimum Gasteiger partial charge on any atom is -0.489 e. The second-order valence-corrected chi connectivity index (χ2v) is 7.80. The highest BCUT2D eigenvalue weighted by Crippen LogP contribution is 2.25. The van der Waals surface area contributed by atoms with Gasteiger partial charge in [-0.15, -0.1) is 0 Å². The lowest BCUT2D eigenvalue weighted by molar-refractivity contribution is 0.0949. The topological polar surface area (TPSA) is 94.3 Å². The Balaban J connectivity index is 1.37. The largest absolute Gasteiger partial charge is 0.489 e. The van der Waals surface area contributed by atoms with Crippen molar-refractivity contribution >= 4 is 12.1 Å². The first kappa shape index (κ1) is 22.7. The van der Waals surface area contributed by atoms with Gasteiger partial charge in [-0.25, -0.2) is 15.1 Å². The third kappa shape index (κ3) is 5.51. The number of nitrogens with zero attached hydrogens (tertiary/aromatic N) is 5. The van der Waals surface area contributed by atoms with Crippen molar-refractivity contribution in [2.24, 2.45) is 5.10 Å². The summed E-state index contributed by atoms with van der Waals surface area (Å²) >= 11 is 0. The number of hydrogen-bond acceptors (Lipinski definition) is 6. The van der Waals surface area contributed by atoms with Crippen LogP contribution in [0.5, 0.6) is 5.75 Å². The molecule has 176 valence electrons. The number of para-hydroxylation sites is 1. The van der Waals surface area contributed by atoms with E-state index >= 15 is 0 Å². The van der Waals surface area contributed by atoms with Crippen molar-refractivity contribution in [2.45, 2.75) is 6.61 Å². The number of nitrogens with one attached hydrogen (secondary N) is 1. The molecule has 0 aliphatic heterocycles. The Bertz CT molecular complexity index is 1450. The van der Waals surface area contributed by atoms with Crippen molar-refractivity contribution in [3.63, 3.8) is 0 Å². The van der Waals surface area contributed by atoms with Gasteiger partial charge in [-0.2, -0.15) is 10.2 Å². The van der Waals surface area contributed by atoms with Crippen LogP contribution in [0, 0.1) is 0 Å². The van der Waals surface area contributed by atoms with Crippen molar-refractivity contribution in [1.82, 2.24) is 25.2 Å². The van der Waals surface area contributed by atoms with Gasteiger partial charge in [0.1, 0.15) is 23.7 Å². The molecule has 8 heteroatoms. The first-order valence-electron chi connectivity index (χ1n) is 11.3. The first-order valence-corrected chi connectivity index (χ1v) is 11.3. The first-order chi connectivity index (χ1) is 17.8. The van der Waals surface area contributed by atoms with Crippen LogP contribution in [0.2, 0.25) is 0 Å². The van der Waals surface area contributed by atoms with Gasteiger partial charge in [0.2, 0.25) is 0 Å². The second-order valence-electron chi connectivity index (χ2n) is 7.80. The third-order valence-electron chi connectivity index (χ3n) is 5.30. The molecule has 2 heterocycles. The van der Waals surface area contributed by atoms with Crippen LogP contribution in [0.15, 0.2) is 115 Å². The number of carbonyl (C=O) groups is 1. The van der Waals surface area contributed by atoms with E-state index in [2.05, 4.69) is 20.5 Å². The molecule has 0 radical (unpaired) electrons. The van der Waals surface area contributed by atoms with Gasteiger partial charge in [0.05, 0.1) is 18.1 Å². The van der Waals surface area contributed by atoms with Crippen LogP contribution in [0.4, 0.5) is 0 Å². The number of amides is 1. The van der Waals surface area contributed by atoms with E-state index in [1.54, 1.807) is 10.9 Å². The fraction of sp³-hybridized carbons (Fsp3) is 0.0357.